The summed E-state index contributed by atoms with van der Waals surface area (Å²) in [6, 6.07) is 14.2. The molecule has 0 atom stereocenters. The number of benzene rings is 1. The maximum atomic E-state index is 14.6. The van der Waals surface area contributed by atoms with Crippen LogP contribution in [0.3, 0.4) is 0 Å². The average Bonchev–Trinajstić information content (AvgIpc) is 3.64. The number of hydrogen-bond acceptors (Lipinski definition) is 5. The number of nitrogens with one attached hydrogen (secondary N) is 2. The SMILES string of the molecule is Fc1ccccc1-c1ccnc2[nH]c(-c3n[nH]c4cnc(-c5cncc(CN6CCC(F)(F)C6)c5)cc34)cc12. The van der Waals surface area contributed by atoms with Gasteiger partial charge in [-0.15, -0.1) is 0 Å². The highest BCUT2D eigenvalue weighted by Crippen LogP contribution is 2.35. The molecule has 1 aromatic carbocycles. The Balaban J connectivity index is 1.25. The lowest BCUT2D eigenvalue weighted by atomic mass is 10.0. The summed E-state index contributed by atoms with van der Waals surface area (Å²) in [5.74, 6) is -2.94. The van der Waals surface area contributed by atoms with Crippen LogP contribution in [0.2, 0.25) is 0 Å². The summed E-state index contributed by atoms with van der Waals surface area (Å²) in [6.07, 6.45) is 6.65. The fourth-order valence-corrected chi connectivity index (χ4v) is 5.26. The Kier molecular flexibility index (Phi) is 5.44. The first kappa shape index (κ1) is 23.5. The van der Waals surface area contributed by atoms with Crippen molar-refractivity contribution < 1.29 is 13.2 Å². The van der Waals surface area contributed by atoms with E-state index in [-0.39, 0.29) is 18.8 Å². The highest BCUT2D eigenvalue weighted by atomic mass is 19.3. The Bertz CT molecular complexity index is 1840. The van der Waals surface area contributed by atoms with E-state index < -0.39 is 5.92 Å². The molecule has 0 saturated carbocycles. The van der Waals surface area contributed by atoms with Crippen molar-refractivity contribution in [1.29, 1.82) is 0 Å². The van der Waals surface area contributed by atoms with Gasteiger partial charge in [0.15, 0.2) is 0 Å². The second-order valence-corrected chi connectivity index (χ2v) is 9.87. The number of H-pyrrole nitrogens is 2. The molecule has 194 valence electrons. The van der Waals surface area contributed by atoms with Crippen molar-refractivity contribution in [3.8, 4) is 33.8 Å². The van der Waals surface area contributed by atoms with E-state index in [9.17, 15) is 13.2 Å². The van der Waals surface area contributed by atoms with Crippen LogP contribution in [0, 0.1) is 5.82 Å². The van der Waals surface area contributed by atoms with E-state index in [0.29, 0.717) is 35.7 Å². The molecule has 1 fully saturated rings. The molecule has 1 aliphatic heterocycles. The number of nitrogens with zero attached hydrogens (tertiary/aromatic N) is 5. The summed E-state index contributed by atoms with van der Waals surface area (Å²) in [4.78, 5) is 18.4. The van der Waals surface area contributed by atoms with E-state index in [1.807, 2.05) is 18.2 Å². The fraction of sp³-hybridized carbons (Fsp3) is 0.172. The third-order valence-electron chi connectivity index (χ3n) is 7.14. The van der Waals surface area contributed by atoms with Crippen LogP contribution in [0.15, 0.2) is 73.3 Å². The second-order valence-electron chi connectivity index (χ2n) is 9.87. The molecule has 0 aliphatic carbocycles. The Hall–Kier alpha value is -4.57. The molecule has 1 aliphatic rings. The largest absolute Gasteiger partial charge is 0.338 e. The Labute approximate surface area is 220 Å². The van der Waals surface area contributed by atoms with E-state index in [1.165, 1.54) is 6.07 Å². The number of rotatable bonds is 5. The number of aromatic amines is 2. The standard InChI is InChI=1S/C29H22F3N7/c30-23-4-2-1-3-20(23)19-5-7-34-28-21(19)10-25(36-28)27-22-11-24(35-14-26(22)37-38-27)18-9-17(12-33-13-18)15-39-8-6-29(31,32)16-39/h1-5,7,9-14H,6,8,15-16H2,(H,34,36)(H,37,38). The lowest BCUT2D eigenvalue weighted by Gasteiger charge is -2.15. The lowest BCUT2D eigenvalue weighted by Crippen LogP contribution is -2.24. The average molecular weight is 526 g/mol. The van der Waals surface area contributed by atoms with E-state index >= 15 is 0 Å². The normalized spacial score (nSPS) is 15.5. The van der Waals surface area contributed by atoms with Crippen LogP contribution in [0.5, 0.6) is 0 Å². The monoisotopic (exact) mass is 525 g/mol. The van der Waals surface area contributed by atoms with Crippen LogP contribution < -0.4 is 0 Å². The zero-order chi connectivity index (χ0) is 26.6. The molecule has 5 aromatic heterocycles. The van der Waals surface area contributed by atoms with Gasteiger partial charge in [-0.2, -0.15) is 5.10 Å². The predicted octanol–water partition coefficient (Wildman–Crippen LogP) is 6.21. The third-order valence-corrected chi connectivity index (χ3v) is 7.14. The quantitative estimate of drug-likeness (QED) is 0.280. The van der Waals surface area contributed by atoms with Crippen molar-refractivity contribution in [2.24, 2.45) is 0 Å². The summed E-state index contributed by atoms with van der Waals surface area (Å²) in [7, 11) is 0. The van der Waals surface area contributed by atoms with Crippen LogP contribution in [-0.4, -0.2) is 54.0 Å². The smallest absolute Gasteiger partial charge is 0.261 e. The van der Waals surface area contributed by atoms with Gasteiger partial charge in [0.25, 0.3) is 5.92 Å². The highest BCUT2D eigenvalue weighted by Gasteiger charge is 2.37. The summed E-state index contributed by atoms with van der Waals surface area (Å²) < 4.78 is 41.8. The minimum absolute atomic E-state index is 0.118. The first-order valence-corrected chi connectivity index (χ1v) is 12.6. The van der Waals surface area contributed by atoms with Crippen LogP contribution in [0.25, 0.3) is 55.7 Å². The summed E-state index contributed by atoms with van der Waals surface area (Å²) in [5, 5.41) is 9.17. The maximum absolute atomic E-state index is 14.6. The van der Waals surface area contributed by atoms with Gasteiger partial charge < -0.3 is 4.98 Å². The predicted molar refractivity (Wildman–Crippen MR) is 142 cm³/mol. The van der Waals surface area contributed by atoms with Gasteiger partial charge >= 0.3 is 0 Å². The van der Waals surface area contributed by atoms with Crippen LogP contribution in [0.4, 0.5) is 13.2 Å². The van der Waals surface area contributed by atoms with Gasteiger partial charge in [0.1, 0.15) is 17.2 Å². The molecule has 1 saturated heterocycles. The van der Waals surface area contributed by atoms with Gasteiger partial charge in [-0.3, -0.25) is 20.0 Å². The molecule has 2 N–H and O–H groups in total. The zero-order valence-corrected chi connectivity index (χ0v) is 20.6. The molecule has 0 amide bonds. The zero-order valence-electron chi connectivity index (χ0n) is 20.6. The van der Waals surface area contributed by atoms with Gasteiger partial charge in [-0.25, -0.2) is 18.2 Å². The molecular formula is C29H22F3N7. The first-order valence-electron chi connectivity index (χ1n) is 12.6. The fourth-order valence-electron chi connectivity index (χ4n) is 5.26. The number of likely N-dealkylation sites (tertiary alicyclic amines) is 1. The van der Waals surface area contributed by atoms with Crippen molar-refractivity contribution >= 4 is 21.9 Å². The molecular weight excluding hydrogens is 503 g/mol. The second kappa shape index (κ2) is 9.02. The number of aromatic nitrogens is 6. The van der Waals surface area contributed by atoms with Gasteiger partial charge in [-0.05, 0) is 41.5 Å². The Morgan fingerprint density at radius 2 is 1.85 bits per heavy atom. The van der Waals surface area contributed by atoms with E-state index in [4.69, 9.17) is 0 Å². The van der Waals surface area contributed by atoms with Crippen LogP contribution in [-0.2, 0) is 6.54 Å². The number of pyridine rings is 3. The first-order chi connectivity index (χ1) is 18.9. The molecule has 10 heteroatoms. The number of alkyl halides is 2. The topological polar surface area (TPSA) is 86.4 Å². The van der Waals surface area contributed by atoms with Gasteiger partial charge in [0, 0.05) is 60.0 Å². The van der Waals surface area contributed by atoms with Crippen molar-refractivity contribution in [1.82, 2.24) is 35.0 Å². The number of halogens is 3. The van der Waals surface area contributed by atoms with Gasteiger partial charge in [0.05, 0.1) is 29.6 Å². The van der Waals surface area contributed by atoms with E-state index in [2.05, 4.69) is 30.1 Å². The molecule has 0 unspecified atom stereocenters. The summed E-state index contributed by atoms with van der Waals surface area (Å²) in [6.45, 7) is 0.525. The van der Waals surface area contributed by atoms with E-state index in [0.717, 1.165) is 38.7 Å². The molecule has 0 radical (unpaired) electrons. The van der Waals surface area contributed by atoms with Gasteiger partial charge in [0.2, 0.25) is 0 Å². The van der Waals surface area contributed by atoms with Crippen LogP contribution >= 0.6 is 0 Å². The van der Waals surface area contributed by atoms with Crippen molar-refractivity contribution in [3.05, 3.63) is 84.7 Å². The molecule has 7 nitrogen and oxygen atoms in total. The molecule has 0 bridgehead atoms. The minimum atomic E-state index is -2.64. The van der Waals surface area contributed by atoms with E-state index in [1.54, 1.807) is 54.0 Å². The molecule has 39 heavy (non-hydrogen) atoms. The maximum Gasteiger partial charge on any atom is 0.261 e. The Morgan fingerprint density at radius 3 is 2.69 bits per heavy atom. The lowest BCUT2D eigenvalue weighted by molar-refractivity contribution is 0.0115. The molecule has 6 aromatic rings. The number of hydrogen-bond donors (Lipinski definition) is 2. The van der Waals surface area contributed by atoms with Crippen molar-refractivity contribution in [2.45, 2.75) is 18.9 Å². The molecule has 0 spiro atoms. The highest BCUT2D eigenvalue weighted by molar-refractivity contribution is 6.00. The number of fused-ring (bicyclic) bond motifs is 2. The molecule has 6 heterocycles. The Morgan fingerprint density at radius 1 is 0.949 bits per heavy atom. The van der Waals surface area contributed by atoms with Crippen molar-refractivity contribution in [3.63, 3.8) is 0 Å². The third kappa shape index (κ3) is 4.32. The van der Waals surface area contributed by atoms with Gasteiger partial charge in [-0.1, -0.05) is 18.2 Å². The molecule has 7 rings (SSSR count). The van der Waals surface area contributed by atoms with Crippen molar-refractivity contribution in [2.75, 3.05) is 13.1 Å². The van der Waals surface area contributed by atoms with Crippen LogP contribution in [0.1, 0.15) is 12.0 Å². The summed E-state index contributed by atoms with van der Waals surface area (Å²) >= 11 is 0. The minimum Gasteiger partial charge on any atom is -0.338 e. The summed E-state index contributed by atoms with van der Waals surface area (Å²) in [5.41, 5.74) is 6.34.